The highest BCUT2D eigenvalue weighted by Gasteiger charge is 2.09. The molecule has 0 N–H and O–H groups in total. The van der Waals surface area contributed by atoms with Crippen molar-refractivity contribution in [2.45, 2.75) is 0 Å². The molecular formula is C24H26O7. The third-order valence-electron chi connectivity index (χ3n) is 3.93. The van der Waals surface area contributed by atoms with E-state index in [0.717, 1.165) is 6.29 Å². The Hall–Kier alpha value is -3.42. The van der Waals surface area contributed by atoms with E-state index < -0.39 is 5.97 Å². The van der Waals surface area contributed by atoms with Gasteiger partial charge in [0.1, 0.15) is 36.8 Å². The molecule has 0 saturated heterocycles. The van der Waals surface area contributed by atoms with Crippen molar-refractivity contribution in [1.82, 2.24) is 0 Å². The van der Waals surface area contributed by atoms with Crippen LogP contribution in [0, 0.1) is 0 Å². The van der Waals surface area contributed by atoms with Crippen molar-refractivity contribution in [2.24, 2.45) is 0 Å². The summed E-state index contributed by atoms with van der Waals surface area (Å²) in [6.07, 6.45) is 2.27. The Morgan fingerprint density at radius 1 is 0.806 bits per heavy atom. The fourth-order valence-corrected chi connectivity index (χ4v) is 2.30. The van der Waals surface area contributed by atoms with Crippen molar-refractivity contribution < 1.29 is 33.3 Å². The molecule has 2 aromatic rings. The first-order valence-electron chi connectivity index (χ1n) is 9.72. The second kappa shape index (κ2) is 13.7. The van der Waals surface area contributed by atoms with Crippen LogP contribution < -0.4 is 9.47 Å². The number of hydrogen-bond donors (Lipinski definition) is 0. The Bertz CT molecular complexity index is 841. The van der Waals surface area contributed by atoms with Gasteiger partial charge in [-0.3, -0.25) is 4.79 Å². The largest absolute Gasteiger partial charge is 0.492 e. The highest BCUT2D eigenvalue weighted by atomic mass is 16.6. The zero-order valence-corrected chi connectivity index (χ0v) is 17.3. The van der Waals surface area contributed by atoms with Crippen LogP contribution in [0.4, 0.5) is 0 Å². The van der Waals surface area contributed by atoms with Gasteiger partial charge in [-0.25, -0.2) is 4.79 Å². The van der Waals surface area contributed by atoms with Gasteiger partial charge in [0.05, 0.1) is 32.0 Å². The van der Waals surface area contributed by atoms with E-state index in [0.29, 0.717) is 68.0 Å². The molecule has 0 aliphatic rings. The summed E-state index contributed by atoms with van der Waals surface area (Å²) < 4.78 is 26.8. The molecule has 0 aliphatic carbocycles. The Morgan fingerprint density at radius 3 is 2.00 bits per heavy atom. The number of benzene rings is 2. The second-order valence-electron chi connectivity index (χ2n) is 6.19. The summed E-state index contributed by atoms with van der Waals surface area (Å²) in [5.41, 5.74) is 0.902. The minimum absolute atomic E-state index is 0.367. The molecule has 164 valence electrons. The van der Waals surface area contributed by atoms with Crippen LogP contribution in [0.1, 0.15) is 20.7 Å². The average Bonchev–Trinajstić information content (AvgIpc) is 2.80. The summed E-state index contributed by atoms with van der Waals surface area (Å²) in [4.78, 5) is 22.8. The molecule has 31 heavy (non-hydrogen) atoms. The van der Waals surface area contributed by atoms with E-state index >= 15 is 0 Å². The van der Waals surface area contributed by atoms with Crippen molar-refractivity contribution in [3.63, 3.8) is 0 Å². The lowest BCUT2D eigenvalue weighted by molar-refractivity contribution is 0.0209. The molecule has 2 rings (SSSR count). The molecule has 0 atom stereocenters. The van der Waals surface area contributed by atoms with E-state index in [1.165, 1.54) is 0 Å². The lowest BCUT2D eigenvalue weighted by Gasteiger charge is -2.09. The molecule has 0 saturated carbocycles. The minimum Gasteiger partial charge on any atom is -0.492 e. The van der Waals surface area contributed by atoms with Crippen LogP contribution in [0.5, 0.6) is 11.5 Å². The fourth-order valence-electron chi connectivity index (χ4n) is 2.30. The Labute approximate surface area is 181 Å². The van der Waals surface area contributed by atoms with Gasteiger partial charge in [-0.05, 0) is 54.6 Å². The molecule has 0 unspecified atom stereocenters. The van der Waals surface area contributed by atoms with E-state index in [2.05, 4.69) is 13.2 Å². The van der Waals surface area contributed by atoms with Gasteiger partial charge in [0.25, 0.3) is 0 Å². The molecule has 7 nitrogen and oxygen atoms in total. The summed E-state index contributed by atoms with van der Waals surface area (Å²) in [6, 6.07) is 12.9. The summed E-state index contributed by atoms with van der Waals surface area (Å²) in [6.45, 7) is 9.74. The first-order chi connectivity index (χ1) is 15.1. The van der Waals surface area contributed by atoms with Gasteiger partial charge in [0, 0.05) is 5.56 Å². The standard InChI is InChI=1S/C24H26O7/c1-3-19(2)29-16-14-27-12-13-28-15-17-30-22-10-6-21(7-11-22)24(26)31-23-8-4-20(18-25)5-9-23/h3-11,18H,1-2,12-17H2. The molecule has 0 bridgehead atoms. The molecule has 0 aliphatic heterocycles. The van der Waals surface area contributed by atoms with Gasteiger partial charge >= 0.3 is 5.97 Å². The quantitative estimate of drug-likeness (QED) is 0.107. The highest BCUT2D eigenvalue weighted by Crippen LogP contribution is 2.16. The van der Waals surface area contributed by atoms with Crippen molar-refractivity contribution in [3.05, 3.63) is 84.7 Å². The van der Waals surface area contributed by atoms with Crippen LogP contribution in [-0.2, 0) is 14.2 Å². The maximum absolute atomic E-state index is 12.2. The number of rotatable bonds is 15. The Balaban J connectivity index is 1.58. The van der Waals surface area contributed by atoms with Crippen molar-refractivity contribution >= 4 is 12.3 Å². The van der Waals surface area contributed by atoms with E-state index in [1.54, 1.807) is 54.6 Å². The number of allylic oxidation sites excluding steroid dienone is 1. The number of esters is 1. The number of ether oxygens (including phenoxy) is 5. The maximum Gasteiger partial charge on any atom is 0.343 e. The van der Waals surface area contributed by atoms with E-state index in [1.807, 2.05) is 0 Å². The van der Waals surface area contributed by atoms with Gasteiger partial charge in [0.2, 0.25) is 0 Å². The zero-order valence-electron chi connectivity index (χ0n) is 17.3. The molecule has 0 aromatic heterocycles. The lowest BCUT2D eigenvalue weighted by atomic mass is 10.2. The van der Waals surface area contributed by atoms with E-state index in [4.69, 9.17) is 23.7 Å². The fraction of sp³-hybridized carbons (Fsp3) is 0.250. The topological polar surface area (TPSA) is 80.3 Å². The molecule has 2 aromatic carbocycles. The third-order valence-corrected chi connectivity index (χ3v) is 3.93. The Morgan fingerprint density at radius 2 is 1.39 bits per heavy atom. The predicted molar refractivity (Wildman–Crippen MR) is 116 cm³/mol. The highest BCUT2D eigenvalue weighted by molar-refractivity contribution is 5.91. The van der Waals surface area contributed by atoms with E-state index in [9.17, 15) is 9.59 Å². The molecule has 0 radical (unpaired) electrons. The van der Waals surface area contributed by atoms with Crippen molar-refractivity contribution in [2.75, 3.05) is 39.6 Å². The summed E-state index contributed by atoms with van der Waals surface area (Å²) in [7, 11) is 0. The summed E-state index contributed by atoms with van der Waals surface area (Å²) in [5, 5.41) is 0. The van der Waals surface area contributed by atoms with Crippen LogP contribution in [0.15, 0.2) is 73.5 Å². The van der Waals surface area contributed by atoms with Crippen molar-refractivity contribution in [3.8, 4) is 11.5 Å². The van der Waals surface area contributed by atoms with Gasteiger partial charge < -0.3 is 23.7 Å². The van der Waals surface area contributed by atoms with Gasteiger partial charge in [-0.15, -0.1) is 0 Å². The van der Waals surface area contributed by atoms with E-state index in [-0.39, 0.29) is 0 Å². The molecule has 0 spiro atoms. The van der Waals surface area contributed by atoms with Crippen LogP contribution in [0.2, 0.25) is 0 Å². The van der Waals surface area contributed by atoms with Crippen LogP contribution in [0.3, 0.4) is 0 Å². The first-order valence-corrected chi connectivity index (χ1v) is 9.72. The minimum atomic E-state index is -0.493. The zero-order chi connectivity index (χ0) is 22.3. The summed E-state index contributed by atoms with van der Waals surface area (Å²) in [5.74, 6) is 1.01. The molecule has 7 heteroatoms. The SMILES string of the molecule is C=CC(=C)OCCOCCOCCOc1ccc(C(=O)Oc2ccc(C=O)cc2)cc1. The van der Waals surface area contributed by atoms with Crippen LogP contribution in [0.25, 0.3) is 0 Å². The maximum atomic E-state index is 12.2. The normalized spacial score (nSPS) is 10.2. The monoisotopic (exact) mass is 426 g/mol. The molecule has 0 heterocycles. The van der Waals surface area contributed by atoms with Crippen LogP contribution >= 0.6 is 0 Å². The molecule has 0 fully saturated rings. The molecule has 0 amide bonds. The van der Waals surface area contributed by atoms with Gasteiger partial charge in [-0.1, -0.05) is 13.2 Å². The number of aldehydes is 1. The van der Waals surface area contributed by atoms with Crippen LogP contribution in [-0.4, -0.2) is 51.9 Å². The van der Waals surface area contributed by atoms with Gasteiger partial charge in [0.15, 0.2) is 0 Å². The number of carbonyl (C=O) groups excluding carboxylic acids is 2. The first kappa shape index (κ1) is 23.9. The smallest absolute Gasteiger partial charge is 0.343 e. The molecular weight excluding hydrogens is 400 g/mol. The van der Waals surface area contributed by atoms with Crippen molar-refractivity contribution in [1.29, 1.82) is 0 Å². The number of carbonyl (C=O) groups is 2. The average molecular weight is 426 g/mol. The van der Waals surface area contributed by atoms with Gasteiger partial charge in [-0.2, -0.15) is 0 Å². The predicted octanol–water partition coefficient (Wildman–Crippen LogP) is 3.85. The Kier molecular flexibility index (Phi) is 10.6. The lowest BCUT2D eigenvalue weighted by Crippen LogP contribution is -2.12. The summed E-state index contributed by atoms with van der Waals surface area (Å²) >= 11 is 0. The number of hydrogen-bond acceptors (Lipinski definition) is 7. The second-order valence-corrected chi connectivity index (χ2v) is 6.19. The third kappa shape index (κ3) is 9.29.